The molecule has 1 unspecified atom stereocenters. The van der Waals surface area contributed by atoms with Crippen LogP contribution in [0.1, 0.15) is 45.1 Å². The summed E-state index contributed by atoms with van der Waals surface area (Å²) in [5.41, 5.74) is 4.42. The van der Waals surface area contributed by atoms with Crippen LogP contribution < -0.4 is 20.5 Å². The van der Waals surface area contributed by atoms with E-state index in [0.717, 1.165) is 30.0 Å². The molecule has 0 aromatic heterocycles. The Hall–Kier alpha value is -2.53. The Morgan fingerprint density at radius 2 is 1.73 bits per heavy atom. The molecule has 0 saturated carbocycles. The summed E-state index contributed by atoms with van der Waals surface area (Å²) in [6.45, 7) is 4.88. The second kappa shape index (κ2) is 8.23. The Morgan fingerprint density at radius 1 is 1.00 bits per heavy atom. The largest absolute Gasteiger partial charge is 0.494 e. The first-order valence-electron chi connectivity index (χ1n) is 9.31. The van der Waals surface area contributed by atoms with E-state index in [4.69, 9.17) is 4.74 Å². The molecule has 2 aromatic carbocycles. The van der Waals surface area contributed by atoms with E-state index in [9.17, 15) is 4.79 Å². The van der Waals surface area contributed by atoms with Crippen LogP contribution in [0, 0.1) is 0 Å². The van der Waals surface area contributed by atoms with Crippen LogP contribution in [0.25, 0.3) is 0 Å². The van der Waals surface area contributed by atoms with E-state index in [1.54, 1.807) is 0 Å². The minimum absolute atomic E-state index is 0.176. The van der Waals surface area contributed by atoms with Gasteiger partial charge in [0.25, 0.3) is 0 Å². The Balaban J connectivity index is 1.61. The molecule has 1 heterocycles. The van der Waals surface area contributed by atoms with Crippen molar-refractivity contribution in [1.82, 2.24) is 10.7 Å². The highest BCUT2D eigenvalue weighted by atomic mass is 16.5. The van der Waals surface area contributed by atoms with Gasteiger partial charge in [0.15, 0.2) is 0 Å². The zero-order chi connectivity index (χ0) is 18.4. The van der Waals surface area contributed by atoms with Crippen LogP contribution in [0.2, 0.25) is 0 Å². The van der Waals surface area contributed by atoms with E-state index in [0.29, 0.717) is 0 Å². The summed E-state index contributed by atoms with van der Waals surface area (Å²) in [7, 11) is 0. The lowest BCUT2D eigenvalue weighted by molar-refractivity contribution is 0.247. The van der Waals surface area contributed by atoms with E-state index >= 15 is 0 Å². The number of amides is 2. The first-order chi connectivity index (χ1) is 12.6. The Kier molecular flexibility index (Phi) is 5.78. The lowest BCUT2D eigenvalue weighted by Crippen LogP contribution is -2.45. The molecule has 3 rings (SSSR count). The maximum atomic E-state index is 12.4. The molecule has 2 aromatic rings. The highest BCUT2D eigenvalue weighted by molar-refractivity contribution is 5.94. The molecular weight excluding hydrogens is 326 g/mol. The lowest BCUT2D eigenvalue weighted by Gasteiger charge is -2.25. The van der Waals surface area contributed by atoms with Crippen LogP contribution in [0.5, 0.6) is 5.75 Å². The van der Waals surface area contributed by atoms with Crippen molar-refractivity contribution >= 4 is 11.7 Å². The Morgan fingerprint density at radius 3 is 2.42 bits per heavy atom. The molecule has 1 saturated heterocycles. The molecule has 2 amide bonds. The van der Waals surface area contributed by atoms with Gasteiger partial charge in [-0.3, -0.25) is 0 Å². The van der Waals surface area contributed by atoms with E-state index in [-0.39, 0.29) is 6.03 Å². The van der Waals surface area contributed by atoms with Gasteiger partial charge in [0, 0.05) is 0 Å². The molecular formula is C21H27N3O2. The number of carbonyl (C=O) groups excluding carboxylic acids is 1. The van der Waals surface area contributed by atoms with Crippen molar-refractivity contribution in [3.05, 3.63) is 60.2 Å². The van der Waals surface area contributed by atoms with E-state index in [2.05, 4.69) is 17.7 Å². The molecule has 1 aliphatic heterocycles. The third-order valence-electron chi connectivity index (χ3n) is 4.61. The van der Waals surface area contributed by atoms with Gasteiger partial charge in [0.05, 0.1) is 12.3 Å². The summed E-state index contributed by atoms with van der Waals surface area (Å²) in [6, 6.07) is 17.3. The van der Waals surface area contributed by atoms with Gasteiger partial charge in [-0.2, -0.15) is 5.43 Å². The van der Waals surface area contributed by atoms with Gasteiger partial charge in [-0.05, 0) is 43.2 Å². The highest BCUT2D eigenvalue weighted by Crippen LogP contribution is 2.27. The molecule has 1 fully saturated rings. The molecule has 0 bridgehead atoms. The van der Waals surface area contributed by atoms with Crippen molar-refractivity contribution in [3.8, 4) is 5.75 Å². The van der Waals surface area contributed by atoms with Gasteiger partial charge in [-0.1, -0.05) is 56.5 Å². The van der Waals surface area contributed by atoms with E-state index in [1.165, 1.54) is 24.3 Å². The number of nitrogens with zero attached hydrogens (tertiary/aromatic N) is 1. The zero-order valence-corrected chi connectivity index (χ0v) is 15.5. The van der Waals surface area contributed by atoms with Crippen molar-refractivity contribution in [1.29, 1.82) is 0 Å². The molecule has 0 radical (unpaired) electrons. The highest BCUT2D eigenvalue weighted by Gasteiger charge is 2.40. The first-order valence-corrected chi connectivity index (χ1v) is 9.31. The average molecular weight is 353 g/mol. The molecule has 2 N–H and O–H groups in total. The maximum Gasteiger partial charge on any atom is 0.338 e. The molecule has 138 valence electrons. The summed E-state index contributed by atoms with van der Waals surface area (Å²) in [4.78, 5) is 12.4. The quantitative estimate of drug-likeness (QED) is 0.685. The SMILES string of the molecule is CCCCCCOc1ccc(N2NC(C)(c3ccccc3)NC2=O)cc1. The Bertz CT molecular complexity index is 718. The number of carbonyl (C=O) groups is 1. The van der Waals surface area contributed by atoms with Crippen LogP contribution in [-0.4, -0.2) is 12.6 Å². The zero-order valence-electron chi connectivity index (χ0n) is 15.5. The fraction of sp³-hybridized carbons (Fsp3) is 0.381. The molecule has 1 atom stereocenters. The van der Waals surface area contributed by atoms with Crippen molar-refractivity contribution in [2.75, 3.05) is 11.6 Å². The van der Waals surface area contributed by atoms with E-state index in [1.807, 2.05) is 61.5 Å². The number of hydrogen-bond acceptors (Lipinski definition) is 3. The number of anilines is 1. The standard InChI is InChI=1S/C21H27N3O2/c1-3-4-5-9-16-26-19-14-12-18(13-15-19)24-20(25)22-21(2,23-24)17-10-7-6-8-11-17/h6-8,10-15,23H,3-5,9,16H2,1-2H3,(H,22,25). The van der Waals surface area contributed by atoms with Crippen molar-refractivity contribution < 1.29 is 9.53 Å². The normalized spacial score (nSPS) is 19.5. The summed E-state index contributed by atoms with van der Waals surface area (Å²) in [6.07, 6.45) is 4.74. The summed E-state index contributed by atoms with van der Waals surface area (Å²) >= 11 is 0. The lowest BCUT2D eigenvalue weighted by atomic mass is 10.0. The van der Waals surface area contributed by atoms with Crippen molar-refractivity contribution in [2.24, 2.45) is 0 Å². The van der Waals surface area contributed by atoms with Gasteiger partial charge in [0.2, 0.25) is 0 Å². The third kappa shape index (κ3) is 4.17. The van der Waals surface area contributed by atoms with Crippen LogP contribution in [0.4, 0.5) is 10.5 Å². The number of hydrogen-bond donors (Lipinski definition) is 2. The number of unbranched alkanes of at least 4 members (excludes halogenated alkanes) is 3. The van der Waals surface area contributed by atoms with Crippen LogP contribution in [0.15, 0.2) is 54.6 Å². The topological polar surface area (TPSA) is 53.6 Å². The maximum absolute atomic E-state index is 12.4. The second-order valence-electron chi connectivity index (χ2n) is 6.77. The summed E-state index contributed by atoms with van der Waals surface area (Å²) in [5.74, 6) is 0.829. The summed E-state index contributed by atoms with van der Waals surface area (Å²) < 4.78 is 5.77. The fourth-order valence-electron chi connectivity index (χ4n) is 3.07. The third-order valence-corrected chi connectivity index (χ3v) is 4.61. The fourth-order valence-corrected chi connectivity index (χ4v) is 3.07. The smallest absolute Gasteiger partial charge is 0.338 e. The number of rotatable bonds is 8. The van der Waals surface area contributed by atoms with E-state index < -0.39 is 5.66 Å². The molecule has 5 heteroatoms. The molecule has 1 aliphatic rings. The number of ether oxygens (including phenoxy) is 1. The monoisotopic (exact) mass is 353 g/mol. The number of benzene rings is 2. The van der Waals surface area contributed by atoms with Crippen molar-refractivity contribution in [3.63, 3.8) is 0 Å². The van der Waals surface area contributed by atoms with Gasteiger partial charge < -0.3 is 10.1 Å². The average Bonchev–Trinajstić information content (AvgIpc) is 2.99. The first kappa shape index (κ1) is 18.3. The van der Waals surface area contributed by atoms with Crippen LogP contribution in [0.3, 0.4) is 0 Å². The number of hydrazine groups is 1. The van der Waals surface area contributed by atoms with Crippen molar-refractivity contribution in [2.45, 2.75) is 45.2 Å². The molecule has 26 heavy (non-hydrogen) atoms. The van der Waals surface area contributed by atoms with Crippen LogP contribution >= 0.6 is 0 Å². The predicted molar refractivity (Wildman–Crippen MR) is 104 cm³/mol. The van der Waals surface area contributed by atoms with Crippen LogP contribution in [-0.2, 0) is 5.66 Å². The van der Waals surface area contributed by atoms with Gasteiger partial charge in [0.1, 0.15) is 11.4 Å². The second-order valence-corrected chi connectivity index (χ2v) is 6.77. The minimum Gasteiger partial charge on any atom is -0.494 e. The summed E-state index contributed by atoms with van der Waals surface area (Å²) in [5, 5.41) is 4.55. The molecule has 0 spiro atoms. The number of nitrogens with one attached hydrogen (secondary N) is 2. The van der Waals surface area contributed by atoms with Gasteiger partial charge in [-0.15, -0.1) is 0 Å². The Labute approximate surface area is 155 Å². The molecule has 5 nitrogen and oxygen atoms in total. The number of urea groups is 1. The minimum atomic E-state index is -0.632. The van der Waals surface area contributed by atoms with Gasteiger partial charge >= 0.3 is 6.03 Å². The van der Waals surface area contributed by atoms with Gasteiger partial charge in [-0.25, -0.2) is 9.80 Å². The molecule has 0 aliphatic carbocycles. The predicted octanol–water partition coefficient (Wildman–Crippen LogP) is 4.55.